The lowest BCUT2D eigenvalue weighted by Crippen LogP contribution is -2.08. The number of anilines is 1. The van der Waals surface area contributed by atoms with Crippen molar-refractivity contribution < 1.29 is 0 Å². The molecule has 3 aromatic heterocycles. The molecular formula is C21H13N7. The largest absolute Gasteiger partial charge is 0.381 e. The minimum Gasteiger partial charge on any atom is -0.381 e. The van der Waals surface area contributed by atoms with Gasteiger partial charge in [-0.15, -0.1) is 0 Å². The predicted octanol–water partition coefficient (Wildman–Crippen LogP) is 3.48. The van der Waals surface area contributed by atoms with Crippen molar-refractivity contribution in [2.24, 2.45) is 0 Å². The van der Waals surface area contributed by atoms with E-state index in [1.54, 1.807) is 10.9 Å². The molecular weight excluding hydrogens is 350 g/mol. The van der Waals surface area contributed by atoms with Crippen molar-refractivity contribution in [2.45, 2.75) is 0 Å². The predicted molar refractivity (Wildman–Crippen MR) is 107 cm³/mol. The second-order valence-electron chi connectivity index (χ2n) is 6.28. The Hall–Kier alpha value is -4.31. The molecule has 0 bridgehead atoms. The summed E-state index contributed by atoms with van der Waals surface area (Å²) in [5.74, 6) is 0.541. The molecule has 2 N–H and O–H groups in total. The van der Waals surface area contributed by atoms with Crippen molar-refractivity contribution in [2.75, 3.05) is 5.73 Å². The minimum absolute atomic E-state index is 0.0725. The minimum atomic E-state index is 0.0725. The lowest BCUT2D eigenvalue weighted by Gasteiger charge is -2.10. The molecule has 0 amide bonds. The number of fused-ring (bicyclic) bond motifs is 2. The molecule has 3 heterocycles. The van der Waals surface area contributed by atoms with Gasteiger partial charge in [0.2, 0.25) is 0 Å². The third-order valence-electron chi connectivity index (χ3n) is 4.52. The van der Waals surface area contributed by atoms with Crippen molar-refractivity contribution in [3.63, 3.8) is 0 Å². The summed E-state index contributed by atoms with van der Waals surface area (Å²) >= 11 is 0. The molecule has 7 heteroatoms. The standard InChI is InChI=1S/C21H13N7/c22-11-18-20(23)26-21(28-12-15-4-1-2-6-17(15)27-28)19(25-18)14-7-8-16-13(10-14)5-3-9-24-16/h1-10,12H,(H2,23,26). The summed E-state index contributed by atoms with van der Waals surface area (Å²) in [5, 5.41) is 15.9. The van der Waals surface area contributed by atoms with Gasteiger partial charge in [-0.2, -0.15) is 10.4 Å². The van der Waals surface area contributed by atoms with E-state index in [4.69, 9.17) is 5.73 Å². The number of benzene rings is 2. The third kappa shape index (κ3) is 2.52. The smallest absolute Gasteiger partial charge is 0.183 e. The molecule has 132 valence electrons. The van der Waals surface area contributed by atoms with Crippen LogP contribution in [0.4, 0.5) is 5.82 Å². The van der Waals surface area contributed by atoms with Crippen LogP contribution in [0.2, 0.25) is 0 Å². The highest BCUT2D eigenvalue weighted by molar-refractivity contribution is 5.85. The molecule has 0 atom stereocenters. The van der Waals surface area contributed by atoms with Gasteiger partial charge >= 0.3 is 0 Å². The normalized spacial score (nSPS) is 11.0. The van der Waals surface area contributed by atoms with Crippen molar-refractivity contribution in [3.8, 4) is 23.1 Å². The summed E-state index contributed by atoms with van der Waals surface area (Å²) in [5.41, 5.74) is 9.09. The van der Waals surface area contributed by atoms with E-state index in [0.29, 0.717) is 11.5 Å². The SMILES string of the molecule is N#Cc1nc(-c2ccc3ncccc3c2)c(-n2cc3ccccc3n2)nc1N. The highest BCUT2D eigenvalue weighted by Gasteiger charge is 2.17. The Labute approximate surface area is 159 Å². The molecule has 5 aromatic rings. The Kier molecular flexibility index (Phi) is 3.49. The number of nitrogens with zero attached hydrogens (tertiary/aromatic N) is 6. The van der Waals surface area contributed by atoms with E-state index in [1.165, 1.54) is 0 Å². The van der Waals surface area contributed by atoms with Crippen LogP contribution < -0.4 is 5.73 Å². The maximum Gasteiger partial charge on any atom is 0.183 e. The number of aromatic nitrogens is 5. The summed E-state index contributed by atoms with van der Waals surface area (Å²) in [7, 11) is 0. The van der Waals surface area contributed by atoms with Crippen LogP contribution in [0.15, 0.2) is 67.0 Å². The Morgan fingerprint density at radius 2 is 1.79 bits per heavy atom. The quantitative estimate of drug-likeness (QED) is 0.514. The lowest BCUT2D eigenvalue weighted by atomic mass is 10.1. The number of nitriles is 1. The summed E-state index contributed by atoms with van der Waals surface area (Å²) < 4.78 is 1.65. The second-order valence-corrected chi connectivity index (χ2v) is 6.28. The molecule has 5 rings (SSSR count). The van der Waals surface area contributed by atoms with E-state index in [0.717, 1.165) is 27.4 Å². The van der Waals surface area contributed by atoms with E-state index < -0.39 is 0 Å². The van der Waals surface area contributed by atoms with E-state index in [1.807, 2.05) is 66.9 Å². The highest BCUT2D eigenvalue weighted by Crippen LogP contribution is 2.28. The van der Waals surface area contributed by atoms with Crippen LogP contribution in [0.5, 0.6) is 0 Å². The van der Waals surface area contributed by atoms with Gasteiger partial charge in [-0.1, -0.05) is 30.3 Å². The average molecular weight is 363 g/mol. The van der Waals surface area contributed by atoms with Gasteiger partial charge in [-0.25, -0.2) is 14.6 Å². The molecule has 0 aliphatic heterocycles. The molecule has 0 aliphatic rings. The van der Waals surface area contributed by atoms with Gasteiger partial charge in [-0.3, -0.25) is 4.98 Å². The highest BCUT2D eigenvalue weighted by atomic mass is 15.3. The van der Waals surface area contributed by atoms with Crippen LogP contribution in [0.3, 0.4) is 0 Å². The zero-order chi connectivity index (χ0) is 19.1. The lowest BCUT2D eigenvalue weighted by molar-refractivity contribution is 0.854. The summed E-state index contributed by atoms with van der Waals surface area (Å²) in [4.78, 5) is 13.3. The third-order valence-corrected chi connectivity index (χ3v) is 4.52. The van der Waals surface area contributed by atoms with E-state index >= 15 is 0 Å². The fraction of sp³-hybridized carbons (Fsp3) is 0. The van der Waals surface area contributed by atoms with Crippen molar-refractivity contribution in [1.82, 2.24) is 24.7 Å². The van der Waals surface area contributed by atoms with Gasteiger partial charge in [0.25, 0.3) is 0 Å². The van der Waals surface area contributed by atoms with Crippen LogP contribution in [0.25, 0.3) is 38.9 Å². The van der Waals surface area contributed by atoms with Gasteiger partial charge in [0.15, 0.2) is 17.3 Å². The zero-order valence-corrected chi connectivity index (χ0v) is 14.6. The van der Waals surface area contributed by atoms with Crippen LogP contribution >= 0.6 is 0 Å². The van der Waals surface area contributed by atoms with Crippen molar-refractivity contribution in [1.29, 1.82) is 5.26 Å². The fourth-order valence-electron chi connectivity index (χ4n) is 3.17. The zero-order valence-electron chi connectivity index (χ0n) is 14.6. The van der Waals surface area contributed by atoms with Crippen LogP contribution in [-0.4, -0.2) is 24.7 Å². The number of hydrogen-bond acceptors (Lipinski definition) is 6. The van der Waals surface area contributed by atoms with Crippen LogP contribution in [-0.2, 0) is 0 Å². The van der Waals surface area contributed by atoms with Crippen molar-refractivity contribution >= 4 is 27.6 Å². The first-order chi connectivity index (χ1) is 13.7. The number of nitrogens with two attached hydrogens (primary N) is 1. The average Bonchev–Trinajstić information content (AvgIpc) is 3.17. The summed E-state index contributed by atoms with van der Waals surface area (Å²) in [6.07, 6.45) is 3.62. The van der Waals surface area contributed by atoms with Gasteiger partial charge in [-0.05, 0) is 24.3 Å². The number of hydrogen-bond donors (Lipinski definition) is 1. The van der Waals surface area contributed by atoms with Crippen LogP contribution in [0, 0.1) is 11.3 Å². The Morgan fingerprint density at radius 3 is 2.64 bits per heavy atom. The number of pyridine rings is 1. The number of nitrogen functional groups attached to an aromatic ring is 1. The molecule has 0 unspecified atom stereocenters. The van der Waals surface area contributed by atoms with Gasteiger partial charge < -0.3 is 5.73 Å². The molecule has 7 nitrogen and oxygen atoms in total. The van der Waals surface area contributed by atoms with Gasteiger partial charge in [0, 0.05) is 28.7 Å². The first kappa shape index (κ1) is 15.9. The van der Waals surface area contributed by atoms with Gasteiger partial charge in [0.1, 0.15) is 11.8 Å². The van der Waals surface area contributed by atoms with Gasteiger partial charge in [0.05, 0.1) is 11.0 Å². The molecule has 0 saturated heterocycles. The Morgan fingerprint density at radius 1 is 0.929 bits per heavy atom. The monoisotopic (exact) mass is 363 g/mol. The molecule has 0 radical (unpaired) electrons. The second kappa shape index (κ2) is 6.14. The maximum absolute atomic E-state index is 9.37. The summed E-state index contributed by atoms with van der Waals surface area (Å²) in [6, 6.07) is 19.4. The topological polar surface area (TPSA) is 106 Å². The van der Waals surface area contributed by atoms with Crippen molar-refractivity contribution in [3.05, 3.63) is 72.7 Å². The van der Waals surface area contributed by atoms with E-state index in [2.05, 4.69) is 20.1 Å². The molecule has 2 aromatic carbocycles. The van der Waals surface area contributed by atoms with E-state index in [9.17, 15) is 5.26 Å². The van der Waals surface area contributed by atoms with Crippen LogP contribution in [0.1, 0.15) is 5.69 Å². The Bertz CT molecular complexity index is 1360. The number of rotatable bonds is 2. The Balaban J connectivity index is 1.78. The van der Waals surface area contributed by atoms with E-state index in [-0.39, 0.29) is 11.5 Å². The first-order valence-corrected chi connectivity index (χ1v) is 8.60. The molecule has 0 fully saturated rings. The fourth-order valence-corrected chi connectivity index (χ4v) is 3.17. The molecule has 0 spiro atoms. The molecule has 0 aliphatic carbocycles. The first-order valence-electron chi connectivity index (χ1n) is 8.60. The molecule has 0 saturated carbocycles. The molecule has 28 heavy (non-hydrogen) atoms. The summed E-state index contributed by atoms with van der Waals surface area (Å²) in [6.45, 7) is 0. The maximum atomic E-state index is 9.37.